The Balaban J connectivity index is 2.07. The number of rotatable bonds is 1. The summed E-state index contributed by atoms with van der Waals surface area (Å²) in [5, 5.41) is 0. The molecule has 0 amide bonds. The third-order valence-corrected chi connectivity index (χ3v) is 4.13. The van der Waals surface area contributed by atoms with Gasteiger partial charge in [0.25, 0.3) is 5.60 Å². The molecule has 120 valence electrons. The molecule has 0 spiro atoms. The van der Waals surface area contributed by atoms with Crippen LogP contribution in [0.3, 0.4) is 0 Å². The van der Waals surface area contributed by atoms with Crippen molar-refractivity contribution in [3.05, 3.63) is 64.1 Å². The molecular formula is C19H13BrO4. The first-order chi connectivity index (χ1) is 11.5. The second-order valence-corrected chi connectivity index (χ2v) is 6.19. The number of hydrogen-bond donors (Lipinski definition) is 0. The lowest BCUT2D eigenvalue weighted by Crippen LogP contribution is -2.48. The number of esters is 1. The summed E-state index contributed by atoms with van der Waals surface area (Å²) in [6.45, 7) is 0. The fraction of sp³-hybridized carbons (Fsp3) is 0.158. The topological polar surface area (TPSA) is 52.6 Å². The monoisotopic (exact) mass is 384 g/mol. The minimum Gasteiger partial charge on any atom is -0.465 e. The van der Waals surface area contributed by atoms with E-state index in [9.17, 15) is 9.59 Å². The van der Waals surface area contributed by atoms with Gasteiger partial charge in [0, 0.05) is 10.0 Å². The molecule has 0 fully saturated rings. The number of ether oxygens (including phenoxy) is 2. The van der Waals surface area contributed by atoms with Gasteiger partial charge in [0.1, 0.15) is 5.75 Å². The van der Waals surface area contributed by atoms with Crippen LogP contribution in [-0.4, -0.2) is 24.5 Å². The molecule has 0 radical (unpaired) electrons. The highest BCUT2D eigenvalue weighted by Crippen LogP contribution is 2.35. The van der Waals surface area contributed by atoms with Crippen LogP contribution in [0.25, 0.3) is 0 Å². The van der Waals surface area contributed by atoms with E-state index < -0.39 is 11.6 Å². The Labute approximate surface area is 147 Å². The molecule has 1 heterocycles. The van der Waals surface area contributed by atoms with Crippen molar-refractivity contribution >= 4 is 27.7 Å². The lowest BCUT2D eigenvalue weighted by molar-refractivity contribution is -0.154. The van der Waals surface area contributed by atoms with E-state index >= 15 is 0 Å². The summed E-state index contributed by atoms with van der Waals surface area (Å²) >= 11 is 3.33. The molecule has 0 N–H and O–H groups in total. The zero-order valence-corrected chi connectivity index (χ0v) is 14.4. The van der Waals surface area contributed by atoms with Gasteiger partial charge in [-0.2, -0.15) is 0 Å². The van der Waals surface area contributed by atoms with E-state index in [1.165, 1.54) is 7.11 Å². The van der Waals surface area contributed by atoms with Crippen molar-refractivity contribution in [1.82, 2.24) is 0 Å². The van der Waals surface area contributed by atoms with Crippen molar-refractivity contribution in [2.24, 2.45) is 0 Å². The van der Waals surface area contributed by atoms with E-state index in [0.717, 1.165) is 10.0 Å². The third-order valence-electron chi connectivity index (χ3n) is 3.64. The van der Waals surface area contributed by atoms with Crippen molar-refractivity contribution in [3.8, 4) is 17.6 Å². The SMILES string of the molecule is COC(=O)[C@]1(C#Cc2ccccc2)CC(=O)c2ccc(Br)cc2O1. The second-order valence-electron chi connectivity index (χ2n) is 5.28. The molecule has 4 nitrogen and oxygen atoms in total. The highest BCUT2D eigenvalue weighted by Gasteiger charge is 2.47. The summed E-state index contributed by atoms with van der Waals surface area (Å²) in [5.74, 6) is 5.12. The highest BCUT2D eigenvalue weighted by molar-refractivity contribution is 9.10. The standard InChI is InChI=1S/C19H13BrO4/c1-23-18(22)19(10-9-13-5-3-2-4-6-13)12-16(21)15-8-7-14(20)11-17(15)24-19/h2-8,11H,12H2,1H3/t19-/m0/s1. The highest BCUT2D eigenvalue weighted by atomic mass is 79.9. The molecule has 0 aliphatic carbocycles. The van der Waals surface area contributed by atoms with Crippen LogP contribution in [-0.2, 0) is 9.53 Å². The summed E-state index contributed by atoms with van der Waals surface area (Å²) in [6.07, 6.45) is -0.186. The number of carbonyl (C=O) groups is 2. The largest absolute Gasteiger partial charge is 0.465 e. The van der Waals surface area contributed by atoms with E-state index in [1.807, 2.05) is 30.3 Å². The van der Waals surface area contributed by atoms with Gasteiger partial charge >= 0.3 is 5.97 Å². The molecule has 0 unspecified atom stereocenters. The average molecular weight is 385 g/mol. The van der Waals surface area contributed by atoms with E-state index in [1.54, 1.807) is 18.2 Å². The van der Waals surface area contributed by atoms with E-state index in [2.05, 4.69) is 27.8 Å². The Bertz CT molecular complexity index is 864. The zero-order valence-electron chi connectivity index (χ0n) is 12.8. The van der Waals surface area contributed by atoms with Crippen molar-refractivity contribution in [3.63, 3.8) is 0 Å². The molecule has 0 bridgehead atoms. The van der Waals surface area contributed by atoms with Crippen molar-refractivity contribution < 1.29 is 19.1 Å². The molecule has 1 aliphatic heterocycles. The van der Waals surface area contributed by atoms with Crippen LogP contribution in [0.5, 0.6) is 5.75 Å². The number of hydrogen-bond acceptors (Lipinski definition) is 4. The minimum atomic E-state index is -1.64. The molecule has 0 aromatic heterocycles. The Morgan fingerprint density at radius 1 is 1.25 bits per heavy atom. The molecule has 2 aromatic carbocycles. The molecule has 3 rings (SSSR count). The maximum atomic E-state index is 12.5. The van der Waals surface area contributed by atoms with Crippen LogP contribution < -0.4 is 4.74 Å². The first kappa shape index (κ1) is 16.3. The molecular weight excluding hydrogens is 372 g/mol. The maximum absolute atomic E-state index is 12.5. The average Bonchev–Trinajstić information content (AvgIpc) is 2.59. The molecule has 0 saturated carbocycles. The lowest BCUT2D eigenvalue weighted by Gasteiger charge is -2.31. The van der Waals surface area contributed by atoms with Gasteiger partial charge in [-0.3, -0.25) is 4.79 Å². The van der Waals surface area contributed by atoms with Gasteiger partial charge in [0.2, 0.25) is 0 Å². The molecule has 5 heteroatoms. The Morgan fingerprint density at radius 3 is 2.71 bits per heavy atom. The number of benzene rings is 2. The number of Topliss-reactive ketones (excluding diaryl/α,β-unsaturated/α-hetero) is 1. The zero-order chi connectivity index (χ0) is 17.2. The number of methoxy groups -OCH3 is 1. The van der Waals surface area contributed by atoms with Gasteiger partial charge in [-0.25, -0.2) is 4.79 Å². The number of halogens is 1. The van der Waals surface area contributed by atoms with Crippen LogP contribution in [0.1, 0.15) is 22.3 Å². The summed E-state index contributed by atoms with van der Waals surface area (Å²) in [6, 6.07) is 14.2. The van der Waals surface area contributed by atoms with Crippen molar-refractivity contribution in [1.29, 1.82) is 0 Å². The fourth-order valence-electron chi connectivity index (χ4n) is 2.45. The van der Waals surface area contributed by atoms with Crippen LogP contribution >= 0.6 is 15.9 Å². The fourth-order valence-corrected chi connectivity index (χ4v) is 2.79. The van der Waals surface area contributed by atoms with Crippen LogP contribution in [0, 0.1) is 11.8 Å². The Hall–Kier alpha value is -2.58. The van der Waals surface area contributed by atoms with Gasteiger partial charge in [0.05, 0.1) is 19.1 Å². The van der Waals surface area contributed by atoms with E-state index in [0.29, 0.717) is 11.3 Å². The smallest absolute Gasteiger partial charge is 0.363 e. The maximum Gasteiger partial charge on any atom is 0.363 e. The summed E-state index contributed by atoms with van der Waals surface area (Å²) in [5.41, 5.74) is -0.494. The van der Waals surface area contributed by atoms with Gasteiger partial charge in [0.15, 0.2) is 5.78 Å². The lowest BCUT2D eigenvalue weighted by atomic mass is 9.90. The third kappa shape index (κ3) is 3.06. The summed E-state index contributed by atoms with van der Waals surface area (Å²) in [7, 11) is 1.25. The summed E-state index contributed by atoms with van der Waals surface area (Å²) in [4.78, 5) is 24.8. The number of ketones is 1. The van der Waals surface area contributed by atoms with Crippen molar-refractivity contribution in [2.75, 3.05) is 7.11 Å². The Kier molecular flexibility index (Phi) is 4.41. The predicted molar refractivity (Wildman–Crippen MR) is 91.8 cm³/mol. The van der Waals surface area contributed by atoms with Crippen LogP contribution in [0.4, 0.5) is 0 Å². The predicted octanol–water partition coefficient (Wildman–Crippen LogP) is 3.38. The quantitative estimate of drug-likeness (QED) is 0.558. The number of fused-ring (bicyclic) bond motifs is 1. The minimum absolute atomic E-state index is 0.186. The van der Waals surface area contributed by atoms with Crippen LogP contribution in [0.15, 0.2) is 53.0 Å². The molecule has 1 aliphatic rings. The molecule has 24 heavy (non-hydrogen) atoms. The normalized spacial score (nSPS) is 18.7. The van der Waals surface area contributed by atoms with Gasteiger partial charge in [-0.15, -0.1) is 0 Å². The number of carbonyl (C=O) groups excluding carboxylic acids is 2. The van der Waals surface area contributed by atoms with Crippen molar-refractivity contribution in [2.45, 2.75) is 12.0 Å². The first-order valence-corrected chi connectivity index (χ1v) is 8.02. The molecule has 0 saturated heterocycles. The summed E-state index contributed by atoms with van der Waals surface area (Å²) < 4.78 is 11.4. The van der Waals surface area contributed by atoms with Gasteiger partial charge in [-0.1, -0.05) is 40.0 Å². The Morgan fingerprint density at radius 2 is 2.00 bits per heavy atom. The molecule has 2 aromatic rings. The van der Waals surface area contributed by atoms with Gasteiger partial charge < -0.3 is 9.47 Å². The first-order valence-electron chi connectivity index (χ1n) is 7.22. The van der Waals surface area contributed by atoms with Crippen LogP contribution in [0.2, 0.25) is 0 Å². The molecule has 1 atom stereocenters. The van der Waals surface area contributed by atoms with E-state index in [4.69, 9.17) is 9.47 Å². The van der Waals surface area contributed by atoms with E-state index in [-0.39, 0.29) is 12.2 Å². The van der Waals surface area contributed by atoms with Gasteiger partial charge in [-0.05, 0) is 36.3 Å². The second kappa shape index (κ2) is 6.50.